The zero-order valence-corrected chi connectivity index (χ0v) is 18.9. The number of nitrogens with zero attached hydrogens (tertiary/aromatic N) is 1. The maximum atomic E-state index is 13.1. The molecule has 0 saturated carbocycles. The van der Waals surface area contributed by atoms with E-state index in [0.717, 1.165) is 23.7 Å². The Balaban J connectivity index is 2.78. The molecule has 0 saturated heterocycles. The van der Waals surface area contributed by atoms with E-state index in [-0.39, 0.29) is 5.65 Å². The van der Waals surface area contributed by atoms with Gasteiger partial charge in [0.1, 0.15) is 0 Å². The Kier molecular flexibility index (Phi) is 11.5. The number of benzene rings is 1. The predicted molar refractivity (Wildman–Crippen MR) is 117 cm³/mol. The summed E-state index contributed by atoms with van der Waals surface area (Å²) >= 11 is 0. The summed E-state index contributed by atoms with van der Waals surface area (Å²) < 4.78 is 13.1. The fourth-order valence-corrected chi connectivity index (χ4v) is 4.65. The molecule has 152 valence electrons. The monoisotopic (exact) mass is 392 g/mol. The van der Waals surface area contributed by atoms with Gasteiger partial charge in [0, 0.05) is 18.7 Å². The number of carbonyl (C=O) groups is 1. The van der Waals surface area contributed by atoms with Crippen LogP contribution in [0.2, 0.25) is 0 Å². The van der Waals surface area contributed by atoms with E-state index in [4.69, 9.17) is 0 Å². The minimum atomic E-state index is -2.05. The molecule has 0 spiro atoms. The molecule has 1 aromatic carbocycles. The Bertz CT molecular complexity index is 573. The lowest BCUT2D eigenvalue weighted by Crippen LogP contribution is -2.35. The van der Waals surface area contributed by atoms with Crippen molar-refractivity contribution in [1.82, 2.24) is 4.90 Å². The summed E-state index contributed by atoms with van der Waals surface area (Å²) in [6.45, 7) is 11.9. The third kappa shape index (κ3) is 9.02. The van der Waals surface area contributed by atoms with Crippen molar-refractivity contribution in [3.63, 3.8) is 0 Å². The average molecular weight is 393 g/mol. The molecule has 4 heteroatoms. The van der Waals surface area contributed by atoms with E-state index < -0.39 is 7.80 Å². The molecule has 0 fully saturated rings. The van der Waals surface area contributed by atoms with Gasteiger partial charge in [-0.05, 0) is 30.7 Å². The van der Waals surface area contributed by atoms with Crippen molar-refractivity contribution in [1.29, 1.82) is 0 Å². The summed E-state index contributed by atoms with van der Waals surface area (Å²) in [5, 5.41) is 0.739. The van der Waals surface area contributed by atoms with Crippen molar-refractivity contribution in [3.8, 4) is 0 Å². The molecule has 0 N–H and O–H groups in total. The minimum absolute atomic E-state index is 0.206. The van der Waals surface area contributed by atoms with Crippen LogP contribution < -0.4 is 5.30 Å². The van der Waals surface area contributed by atoms with E-state index in [1.165, 1.54) is 32.1 Å². The highest BCUT2D eigenvalue weighted by Gasteiger charge is 2.38. The molecule has 0 radical (unpaired) electrons. The van der Waals surface area contributed by atoms with Crippen molar-refractivity contribution >= 4 is 18.8 Å². The highest BCUT2D eigenvalue weighted by Crippen LogP contribution is 2.28. The van der Waals surface area contributed by atoms with Gasteiger partial charge < -0.3 is 0 Å². The molecular formula is C23H39NO2P+. The molecular weight excluding hydrogens is 353 g/mol. The molecule has 1 unspecified atom stereocenters. The molecule has 0 heterocycles. The second-order valence-electron chi connectivity index (χ2n) is 8.42. The third-order valence-electron chi connectivity index (χ3n) is 4.63. The van der Waals surface area contributed by atoms with Gasteiger partial charge in [0.2, 0.25) is 5.30 Å². The Labute approximate surface area is 167 Å². The molecule has 1 rings (SSSR count). The van der Waals surface area contributed by atoms with E-state index in [9.17, 15) is 9.36 Å². The number of hydrogen-bond acceptors (Lipinski definition) is 2. The minimum Gasteiger partial charge on any atom is -0.299 e. The van der Waals surface area contributed by atoms with Gasteiger partial charge in [-0.25, -0.2) is 4.79 Å². The van der Waals surface area contributed by atoms with E-state index in [1.54, 1.807) is 4.90 Å². The fraction of sp³-hybridized carbons (Fsp3) is 0.696. The van der Waals surface area contributed by atoms with Gasteiger partial charge in [0.25, 0.3) is 0 Å². The molecule has 1 amide bonds. The lowest BCUT2D eigenvalue weighted by Gasteiger charge is -2.21. The highest BCUT2D eigenvalue weighted by atomic mass is 31.1. The van der Waals surface area contributed by atoms with Gasteiger partial charge >= 0.3 is 13.4 Å². The summed E-state index contributed by atoms with van der Waals surface area (Å²) in [6, 6.07) is 7.81. The van der Waals surface area contributed by atoms with Crippen LogP contribution >= 0.6 is 7.80 Å². The number of unbranched alkanes of at least 4 members (excludes halogenated alkanes) is 5. The summed E-state index contributed by atoms with van der Waals surface area (Å²) in [6.07, 6.45) is 8.33. The lowest BCUT2D eigenvalue weighted by atomic mass is 10.1. The number of carbonyl (C=O) groups excluding carboxylic acids is 1. The standard InChI is InChI=1S/C23H39NO2P/c1-6-7-8-9-10-11-14-21-15-12-13-16-22(21)27(26)23(25)24(17-19(2)3)18-20(4)5/h12-13,15-16,19-20H,6-11,14,17-18H2,1-5H3/q+1. The molecule has 0 aliphatic carbocycles. The largest absolute Gasteiger partial charge is 0.478 e. The zero-order chi connectivity index (χ0) is 20.2. The van der Waals surface area contributed by atoms with Crippen LogP contribution in [-0.4, -0.2) is 23.6 Å². The molecule has 0 aliphatic heterocycles. The first kappa shape index (κ1) is 23.8. The van der Waals surface area contributed by atoms with Crippen LogP contribution in [-0.2, 0) is 11.0 Å². The van der Waals surface area contributed by atoms with Crippen LogP contribution in [0.3, 0.4) is 0 Å². The maximum absolute atomic E-state index is 13.1. The van der Waals surface area contributed by atoms with E-state index in [0.29, 0.717) is 24.9 Å². The average Bonchev–Trinajstić information content (AvgIpc) is 2.62. The van der Waals surface area contributed by atoms with Crippen LogP contribution in [0.5, 0.6) is 0 Å². The van der Waals surface area contributed by atoms with Crippen molar-refractivity contribution in [2.24, 2.45) is 11.8 Å². The summed E-state index contributed by atoms with van der Waals surface area (Å²) in [4.78, 5) is 14.8. The second-order valence-corrected chi connectivity index (χ2v) is 9.87. The smallest absolute Gasteiger partial charge is 0.299 e. The summed E-state index contributed by atoms with van der Waals surface area (Å²) in [7, 11) is -2.05. The van der Waals surface area contributed by atoms with Crippen molar-refractivity contribution in [3.05, 3.63) is 29.8 Å². The summed E-state index contributed by atoms with van der Waals surface area (Å²) in [5.74, 6) is 0.740. The first-order valence-corrected chi connectivity index (χ1v) is 12.0. The van der Waals surface area contributed by atoms with Crippen LogP contribution in [0.4, 0.5) is 4.79 Å². The number of amides is 1. The lowest BCUT2D eigenvalue weighted by molar-refractivity contribution is 0.206. The Morgan fingerprint density at radius 2 is 1.48 bits per heavy atom. The molecule has 1 aromatic rings. The number of aryl methyl sites for hydroxylation is 1. The topological polar surface area (TPSA) is 37.4 Å². The van der Waals surface area contributed by atoms with Crippen LogP contribution in [0, 0.1) is 11.8 Å². The van der Waals surface area contributed by atoms with Gasteiger partial charge in [-0.1, -0.05) is 89.5 Å². The van der Waals surface area contributed by atoms with Gasteiger partial charge in [-0.15, -0.1) is 0 Å². The maximum Gasteiger partial charge on any atom is 0.478 e. The first-order chi connectivity index (χ1) is 12.9. The van der Waals surface area contributed by atoms with Gasteiger partial charge in [0.05, 0.1) is 0 Å². The van der Waals surface area contributed by atoms with Gasteiger partial charge in [-0.3, -0.25) is 4.90 Å². The van der Waals surface area contributed by atoms with E-state index >= 15 is 0 Å². The SMILES string of the molecule is CCCCCCCCc1ccccc1[P+](=O)C(=O)N(CC(C)C)CC(C)C. The quantitative estimate of drug-likeness (QED) is 0.274. The first-order valence-electron chi connectivity index (χ1n) is 10.7. The van der Waals surface area contributed by atoms with Gasteiger partial charge in [0.15, 0.2) is 0 Å². The predicted octanol–water partition coefficient (Wildman–Crippen LogP) is 6.78. The van der Waals surface area contributed by atoms with Crippen LogP contribution in [0.15, 0.2) is 24.3 Å². The van der Waals surface area contributed by atoms with Crippen molar-refractivity contribution < 1.29 is 9.36 Å². The molecule has 27 heavy (non-hydrogen) atoms. The molecule has 0 aromatic heterocycles. The third-order valence-corrected chi connectivity index (χ3v) is 6.13. The Hall–Kier alpha value is -1.21. The van der Waals surface area contributed by atoms with E-state index in [2.05, 4.69) is 34.6 Å². The fourth-order valence-electron chi connectivity index (χ4n) is 3.36. The number of hydrogen-bond donors (Lipinski definition) is 0. The molecule has 3 nitrogen and oxygen atoms in total. The Morgan fingerprint density at radius 3 is 2.07 bits per heavy atom. The van der Waals surface area contributed by atoms with Crippen LogP contribution in [0.25, 0.3) is 0 Å². The zero-order valence-electron chi connectivity index (χ0n) is 18.0. The highest BCUT2D eigenvalue weighted by molar-refractivity contribution is 7.70. The van der Waals surface area contributed by atoms with E-state index in [1.807, 2.05) is 24.3 Å². The van der Waals surface area contributed by atoms with Gasteiger partial charge in [-0.2, -0.15) is 0 Å². The van der Waals surface area contributed by atoms with Crippen LogP contribution in [0.1, 0.15) is 78.7 Å². The molecule has 1 atom stereocenters. The number of rotatable bonds is 13. The Morgan fingerprint density at radius 1 is 0.926 bits per heavy atom. The normalized spacial score (nSPS) is 11.9. The second kappa shape index (κ2) is 13.0. The van der Waals surface area contributed by atoms with Crippen molar-refractivity contribution in [2.45, 2.75) is 79.6 Å². The molecule has 0 aliphatic rings. The summed E-state index contributed by atoms with van der Waals surface area (Å²) in [5.41, 5.74) is 0.874. The van der Waals surface area contributed by atoms with Crippen molar-refractivity contribution in [2.75, 3.05) is 13.1 Å². The molecule has 0 bridgehead atoms.